The highest BCUT2D eigenvalue weighted by Crippen LogP contribution is 2.25. The third kappa shape index (κ3) is 6.45. The molecule has 0 aromatic heterocycles. The highest BCUT2D eigenvalue weighted by atomic mass is 127. The van der Waals surface area contributed by atoms with Crippen molar-refractivity contribution in [2.24, 2.45) is 0 Å². The van der Waals surface area contributed by atoms with E-state index >= 15 is 0 Å². The number of carbonyl (C=O) groups excluding carboxylic acids is 2. The van der Waals surface area contributed by atoms with Crippen molar-refractivity contribution in [1.82, 2.24) is 16.2 Å². The SMILES string of the molecule is Cc1ccc(C(=O)NC(=S)NNC(=O)COc2ccccc2C(C)C)cc1I. The number of hydrogen-bond acceptors (Lipinski definition) is 4. The first kappa shape index (κ1) is 22.1. The van der Waals surface area contributed by atoms with Crippen molar-refractivity contribution in [2.75, 3.05) is 6.61 Å². The van der Waals surface area contributed by atoms with Crippen molar-refractivity contribution < 1.29 is 14.3 Å². The predicted molar refractivity (Wildman–Crippen MR) is 121 cm³/mol. The van der Waals surface area contributed by atoms with Gasteiger partial charge in [0.15, 0.2) is 11.7 Å². The number of benzene rings is 2. The maximum atomic E-state index is 12.2. The number of hydrazine groups is 1. The van der Waals surface area contributed by atoms with Crippen LogP contribution in [0.4, 0.5) is 0 Å². The van der Waals surface area contributed by atoms with Gasteiger partial charge in [0, 0.05) is 9.13 Å². The lowest BCUT2D eigenvalue weighted by Gasteiger charge is -2.14. The van der Waals surface area contributed by atoms with Crippen LogP contribution in [0, 0.1) is 10.5 Å². The zero-order valence-corrected chi connectivity index (χ0v) is 18.8. The molecule has 0 unspecified atom stereocenters. The quantitative estimate of drug-likeness (QED) is 0.326. The van der Waals surface area contributed by atoms with E-state index in [1.165, 1.54) is 0 Å². The van der Waals surface area contributed by atoms with Crippen molar-refractivity contribution in [3.8, 4) is 5.75 Å². The van der Waals surface area contributed by atoms with Gasteiger partial charge >= 0.3 is 0 Å². The second-order valence-corrected chi connectivity index (χ2v) is 7.97. The first-order chi connectivity index (χ1) is 13.3. The minimum atomic E-state index is -0.417. The van der Waals surface area contributed by atoms with Crippen LogP contribution in [-0.4, -0.2) is 23.5 Å². The van der Waals surface area contributed by atoms with E-state index < -0.39 is 5.91 Å². The molecule has 2 aromatic carbocycles. The molecule has 8 heteroatoms. The van der Waals surface area contributed by atoms with Crippen LogP contribution in [0.5, 0.6) is 5.75 Å². The van der Waals surface area contributed by atoms with Crippen LogP contribution in [-0.2, 0) is 4.79 Å². The van der Waals surface area contributed by atoms with Crippen LogP contribution >= 0.6 is 34.8 Å². The summed E-state index contributed by atoms with van der Waals surface area (Å²) in [5.41, 5.74) is 7.51. The predicted octanol–water partition coefficient (Wildman–Crippen LogP) is 3.44. The fraction of sp³-hybridized carbons (Fsp3) is 0.250. The molecule has 28 heavy (non-hydrogen) atoms. The Balaban J connectivity index is 1.80. The zero-order valence-electron chi connectivity index (χ0n) is 15.8. The van der Waals surface area contributed by atoms with E-state index in [-0.39, 0.29) is 23.5 Å². The first-order valence-electron chi connectivity index (χ1n) is 8.66. The molecule has 2 rings (SSSR count). The molecule has 0 fully saturated rings. The summed E-state index contributed by atoms with van der Waals surface area (Å²) in [5, 5.41) is 2.52. The van der Waals surface area contributed by atoms with E-state index in [0.29, 0.717) is 11.3 Å². The van der Waals surface area contributed by atoms with E-state index in [1.54, 1.807) is 12.1 Å². The largest absolute Gasteiger partial charge is 0.483 e. The second-order valence-electron chi connectivity index (χ2n) is 6.40. The van der Waals surface area contributed by atoms with Gasteiger partial charge < -0.3 is 4.74 Å². The van der Waals surface area contributed by atoms with E-state index in [2.05, 4.69) is 52.6 Å². The Morgan fingerprint density at radius 3 is 2.54 bits per heavy atom. The molecule has 0 atom stereocenters. The van der Waals surface area contributed by atoms with Crippen molar-refractivity contribution >= 4 is 51.7 Å². The Hall–Kier alpha value is -2.20. The monoisotopic (exact) mass is 511 g/mol. The van der Waals surface area contributed by atoms with Gasteiger partial charge in [0.25, 0.3) is 11.8 Å². The summed E-state index contributed by atoms with van der Waals surface area (Å²) in [7, 11) is 0. The summed E-state index contributed by atoms with van der Waals surface area (Å²) in [6.07, 6.45) is 0. The Kier molecular flexibility index (Phi) is 8.18. The molecule has 0 bridgehead atoms. The molecular formula is C20H22IN3O3S. The molecule has 3 N–H and O–H groups in total. The second kappa shape index (κ2) is 10.4. The highest BCUT2D eigenvalue weighted by molar-refractivity contribution is 14.1. The minimum Gasteiger partial charge on any atom is -0.483 e. The number of para-hydroxylation sites is 1. The molecule has 0 aliphatic heterocycles. The van der Waals surface area contributed by atoms with E-state index in [9.17, 15) is 9.59 Å². The summed E-state index contributed by atoms with van der Waals surface area (Å²) in [5.74, 6) is 0.175. The lowest BCUT2D eigenvalue weighted by atomic mass is 10.0. The van der Waals surface area contributed by atoms with Crippen LogP contribution < -0.4 is 20.9 Å². The number of aryl methyl sites for hydroxylation is 1. The Labute approximate surface area is 183 Å². The van der Waals surface area contributed by atoms with E-state index in [1.807, 2.05) is 37.3 Å². The lowest BCUT2D eigenvalue weighted by Crippen LogP contribution is -2.49. The van der Waals surface area contributed by atoms with Crippen LogP contribution in [0.2, 0.25) is 0 Å². The van der Waals surface area contributed by atoms with E-state index in [0.717, 1.165) is 14.7 Å². The molecule has 0 saturated heterocycles. The number of hydrogen-bond donors (Lipinski definition) is 3. The third-order valence-corrected chi connectivity index (χ3v) is 5.24. The number of thiocarbonyl (C=S) groups is 1. The molecule has 0 aliphatic rings. The summed E-state index contributed by atoms with van der Waals surface area (Å²) in [4.78, 5) is 24.2. The van der Waals surface area contributed by atoms with Crippen LogP contribution in [0.1, 0.15) is 41.3 Å². The molecule has 0 aliphatic carbocycles. The summed E-state index contributed by atoms with van der Waals surface area (Å²) in [6.45, 7) is 5.90. The number of carbonyl (C=O) groups is 2. The number of nitrogens with one attached hydrogen (secondary N) is 3. The zero-order chi connectivity index (χ0) is 20.7. The molecule has 2 aromatic rings. The van der Waals surface area contributed by atoms with Gasteiger partial charge in [0.05, 0.1) is 0 Å². The molecule has 2 amide bonds. The van der Waals surface area contributed by atoms with Gasteiger partial charge in [0.1, 0.15) is 5.75 Å². The Morgan fingerprint density at radius 2 is 1.86 bits per heavy atom. The van der Waals surface area contributed by atoms with Gasteiger partial charge in [-0.2, -0.15) is 0 Å². The fourth-order valence-electron chi connectivity index (χ4n) is 2.34. The molecule has 0 saturated carbocycles. The molecule has 0 heterocycles. The van der Waals surface area contributed by atoms with Crippen molar-refractivity contribution in [3.05, 3.63) is 62.7 Å². The van der Waals surface area contributed by atoms with Gasteiger partial charge in [-0.3, -0.25) is 25.8 Å². The van der Waals surface area contributed by atoms with Crippen molar-refractivity contribution in [1.29, 1.82) is 0 Å². The van der Waals surface area contributed by atoms with Crippen LogP contribution in [0.3, 0.4) is 0 Å². The van der Waals surface area contributed by atoms with Gasteiger partial charge in [-0.05, 0) is 77.0 Å². The van der Waals surface area contributed by atoms with Gasteiger partial charge in [0.2, 0.25) is 0 Å². The van der Waals surface area contributed by atoms with E-state index in [4.69, 9.17) is 17.0 Å². The van der Waals surface area contributed by atoms with Gasteiger partial charge in [-0.15, -0.1) is 0 Å². The molecule has 0 radical (unpaired) electrons. The molecule has 148 valence electrons. The fourth-order valence-corrected chi connectivity index (χ4v) is 2.99. The Morgan fingerprint density at radius 1 is 1.14 bits per heavy atom. The molecular weight excluding hydrogens is 489 g/mol. The summed E-state index contributed by atoms with van der Waals surface area (Å²) < 4.78 is 6.57. The third-order valence-electron chi connectivity index (χ3n) is 3.88. The van der Waals surface area contributed by atoms with Gasteiger partial charge in [-0.25, -0.2) is 0 Å². The maximum absolute atomic E-state index is 12.2. The minimum absolute atomic E-state index is 0.00323. The van der Waals surface area contributed by atoms with Crippen LogP contribution in [0.15, 0.2) is 42.5 Å². The lowest BCUT2D eigenvalue weighted by molar-refractivity contribution is -0.123. The Bertz CT molecular complexity index is 887. The average Bonchev–Trinajstić information content (AvgIpc) is 2.66. The van der Waals surface area contributed by atoms with Gasteiger partial charge in [-0.1, -0.05) is 38.1 Å². The standard InChI is InChI=1S/C20H22IN3O3S/c1-12(2)15-6-4-5-7-17(15)27-11-18(25)23-24-20(28)22-19(26)14-9-8-13(3)16(21)10-14/h4-10,12H,11H2,1-3H3,(H,23,25)(H2,22,24,26,28). The highest BCUT2D eigenvalue weighted by Gasteiger charge is 2.11. The molecule has 6 nitrogen and oxygen atoms in total. The topological polar surface area (TPSA) is 79.5 Å². The van der Waals surface area contributed by atoms with Crippen molar-refractivity contribution in [3.63, 3.8) is 0 Å². The van der Waals surface area contributed by atoms with Crippen LogP contribution in [0.25, 0.3) is 0 Å². The number of rotatable bonds is 5. The number of amides is 2. The smallest absolute Gasteiger partial charge is 0.276 e. The normalized spacial score (nSPS) is 10.3. The number of halogens is 1. The maximum Gasteiger partial charge on any atom is 0.276 e. The summed E-state index contributed by atoms with van der Waals surface area (Å²) >= 11 is 7.20. The first-order valence-corrected chi connectivity index (χ1v) is 10.1. The molecule has 0 spiro atoms. The van der Waals surface area contributed by atoms with Crippen molar-refractivity contribution in [2.45, 2.75) is 26.7 Å². The average molecular weight is 511 g/mol. The number of ether oxygens (including phenoxy) is 1. The summed E-state index contributed by atoms with van der Waals surface area (Å²) in [6, 6.07) is 12.9.